The van der Waals surface area contributed by atoms with Gasteiger partial charge in [0.1, 0.15) is 0 Å². The smallest absolute Gasteiger partial charge is 0.188 e. The van der Waals surface area contributed by atoms with Gasteiger partial charge in [-0.1, -0.05) is 61.5 Å². The minimum Gasteiger partial charge on any atom is -0.372 e. The van der Waals surface area contributed by atoms with Crippen molar-refractivity contribution < 1.29 is 4.74 Å². The molecule has 3 N–H and O–H groups in total. The van der Waals surface area contributed by atoms with Gasteiger partial charge in [0.25, 0.3) is 0 Å². The highest BCUT2D eigenvalue weighted by Gasteiger charge is 1.98. The average molecular weight is 311 g/mol. The Morgan fingerprint density at radius 1 is 1.00 bits per heavy atom. The van der Waals surface area contributed by atoms with Crippen molar-refractivity contribution in [2.75, 3.05) is 6.54 Å². The zero-order chi connectivity index (χ0) is 16.3. The van der Waals surface area contributed by atoms with Crippen LogP contribution in [0.4, 0.5) is 0 Å². The molecule has 0 saturated heterocycles. The standard InChI is InChI=1S/C19H25N3O/c1-2-11-21-19(20)22-13-17-9-6-10-18(12-17)15-23-14-16-7-4-3-5-8-16/h3-10,12H,2,11,13-15H2,1H3,(H3,20,21,22). The van der Waals surface area contributed by atoms with Crippen molar-refractivity contribution in [3.05, 3.63) is 71.3 Å². The number of benzene rings is 2. The van der Waals surface area contributed by atoms with E-state index in [9.17, 15) is 0 Å². The van der Waals surface area contributed by atoms with Crippen molar-refractivity contribution >= 4 is 5.96 Å². The Kier molecular flexibility index (Phi) is 7.14. The van der Waals surface area contributed by atoms with E-state index in [0.29, 0.717) is 25.7 Å². The second kappa shape index (κ2) is 9.64. The number of aliphatic imine (C=N–C) groups is 1. The number of ether oxygens (including phenoxy) is 1. The minimum absolute atomic E-state index is 0.498. The zero-order valence-electron chi connectivity index (χ0n) is 13.7. The van der Waals surface area contributed by atoms with E-state index >= 15 is 0 Å². The summed E-state index contributed by atoms with van der Waals surface area (Å²) >= 11 is 0. The van der Waals surface area contributed by atoms with Crippen molar-refractivity contribution in [3.63, 3.8) is 0 Å². The molecule has 0 atom stereocenters. The van der Waals surface area contributed by atoms with Crippen LogP contribution in [0.3, 0.4) is 0 Å². The number of guanidine groups is 1. The molecule has 0 aliphatic heterocycles. The Bertz CT molecular complexity index is 611. The van der Waals surface area contributed by atoms with Gasteiger partial charge in [-0.2, -0.15) is 0 Å². The molecular weight excluding hydrogens is 286 g/mol. The van der Waals surface area contributed by atoms with Crippen LogP contribution in [0.2, 0.25) is 0 Å². The summed E-state index contributed by atoms with van der Waals surface area (Å²) in [5, 5.41) is 3.07. The highest BCUT2D eigenvalue weighted by Crippen LogP contribution is 2.09. The van der Waals surface area contributed by atoms with E-state index in [1.54, 1.807) is 0 Å². The molecule has 0 aliphatic carbocycles. The van der Waals surface area contributed by atoms with Crippen molar-refractivity contribution in [2.45, 2.75) is 33.1 Å². The number of rotatable bonds is 8. The maximum absolute atomic E-state index is 5.80. The van der Waals surface area contributed by atoms with Crippen LogP contribution < -0.4 is 11.1 Å². The first-order valence-electron chi connectivity index (χ1n) is 8.01. The van der Waals surface area contributed by atoms with Crippen LogP contribution in [-0.4, -0.2) is 12.5 Å². The third-order valence-electron chi connectivity index (χ3n) is 3.36. The third-order valence-corrected chi connectivity index (χ3v) is 3.36. The van der Waals surface area contributed by atoms with Crippen LogP contribution in [0.1, 0.15) is 30.0 Å². The second-order valence-electron chi connectivity index (χ2n) is 5.43. The van der Waals surface area contributed by atoms with Gasteiger partial charge in [-0.25, -0.2) is 4.99 Å². The fraction of sp³-hybridized carbons (Fsp3) is 0.316. The van der Waals surface area contributed by atoms with E-state index in [1.807, 2.05) is 24.3 Å². The van der Waals surface area contributed by atoms with Gasteiger partial charge >= 0.3 is 0 Å². The van der Waals surface area contributed by atoms with E-state index in [-0.39, 0.29) is 0 Å². The van der Waals surface area contributed by atoms with Crippen LogP contribution in [-0.2, 0) is 24.5 Å². The predicted molar refractivity (Wildman–Crippen MR) is 95.0 cm³/mol. The van der Waals surface area contributed by atoms with Gasteiger partial charge in [0.15, 0.2) is 5.96 Å². The molecule has 0 aliphatic rings. The fourth-order valence-corrected chi connectivity index (χ4v) is 2.16. The summed E-state index contributed by atoms with van der Waals surface area (Å²) < 4.78 is 5.77. The summed E-state index contributed by atoms with van der Waals surface area (Å²) in [6.07, 6.45) is 1.03. The Balaban J connectivity index is 1.82. The number of nitrogens with two attached hydrogens (primary N) is 1. The fourth-order valence-electron chi connectivity index (χ4n) is 2.16. The quantitative estimate of drug-likeness (QED) is 0.581. The van der Waals surface area contributed by atoms with Gasteiger partial charge in [-0.15, -0.1) is 0 Å². The summed E-state index contributed by atoms with van der Waals surface area (Å²) in [4.78, 5) is 4.34. The van der Waals surface area contributed by atoms with Crippen LogP contribution in [0.25, 0.3) is 0 Å². The molecule has 4 nitrogen and oxygen atoms in total. The molecular formula is C19H25N3O. The molecule has 2 aromatic rings. The molecule has 122 valence electrons. The Morgan fingerprint density at radius 3 is 2.48 bits per heavy atom. The van der Waals surface area contributed by atoms with Crippen molar-refractivity contribution in [1.29, 1.82) is 0 Å². The summed E-state index contributed by atoms with van der Waals surface area (Å²) in [6, 6.07) is 18.4. The lowest BCUT2D eigenvalue weighted by Crippen LogP contribution is -2.32. The van der Waals surface area contributed by atoms with Crippen LogP contribution in [0, 0.1) is 0 Å². The van der Waals surface area contributed by atoms with E-state index in [4.69, 9.17) is 10.5 Å². The van der Waals surface area contributed by atoms with Crippen molar-refractivity contribution in [2.24, 2.45) is 10.7 Å². The topological polar surface area (TPSA) is 59.6 Å². The lowest BCUT2D eigenvalue weighted by atomic mass is 10.1. The number of nitrogens with zero attached hydrogens (tertiary/aromatic N) is 1. The molecule has 23 heavy (non-hydrogen) atoms. The van der Waals surface area contributed by atoms with Crippen LogP contribution >= 0.6 is 0 Å². The van der Waals surface area contributed by atoms with Gasteiger partial charge in [-0.3, -0.25) is 0 Å². The van der Waals surface area contributed by atoms with Gasteiger partial charge < -0.3 is 15.8 Å². The van der Waals surface area contributed by atoms with Crippen molar-refractivity contribution in [1.82, 2.24) is 5.32 Å². The van der Waals surface area contributed by atoms with E-state index in [2.05, 4.69) is 47.6 Å². The number of hydrogen-bond donors (Lipinski definition) is 2. The zero-order valence-corrected chi connectivity index (χ0v) is 13.7. The number of nitrogens with one attached hydrogen (secondary N) is 1. The normalized spacial score (nSPS) is 11.4. The van der Waals surface area contributed by atoms with Crippen molar-refractivity contribution in [3.8, 4) is 0 Å². The first-order valence-corrected chi connectivity index (χ1v) is 8.01. The molecule has 0 unspecified atom stereocenters. The first-order chi connectivity index (χ1) is 11.3. The molecule has 0 heterocycles. The van der Waals surface area contributed by atoms with Gasteiger partial charge in [0, 0.05) is 6.54 Å². The molecule has 0 aromatic heterocycles. The summed E-state index contributed by atoms with van der Waals surface area (Å²) in [5.41, 5.74) is 9.27. The lowest BCUT2D eigenvalue weighted by molar-refractivity contribution is 0.107. The molecule has 0 radical (unpaired) electrons. The Labute approximate surface area is 138 Å². The van der Waals surface area contributed by atoms with Gasteiger partial charge in [-0.05, 0) is 23.1 Å². The van der Waals surface area contributed by atoms with Crippen LogP contribution in [0.15, 0.2) is 59.6 Å². The molecule has 2 rings (SSSR count). The maximum atomic E-state index is 5.80. The third kappa shape index (κ3) is 6.53. The van der Waals surface area contributed by atoms with Crippen LogP contribution in [0.5, 0.6) is 0 Å². The predicted octanol–water partition coefficient (Wildman–Crippen LogP) is 3.22. The highest BCUT2D eigenvalue weighted by molar-refractivity contribution is 5.77. The summed E-state index contributed by atoms with van der Waals surface area (Å²) in [5.74, 6) is 0.498. The minimum atomic E-state index is 0.498. The second-order valence-corrected chi connectivity index (χ2v) is 5.43. The molecule has 0 amide bonds. The highest BCUT2D eigenvalue weighted by atomic mass is 16.5. The number of hydrogen-bond acceptors (Lipinski definition) is 2. The largest absolute Gasteiger partial charge is 0.372 e. The Hall–Kier alpha value is -2.33. The first kappa shape index (κ1) is 17.0. The monoisotopic (exact) mass is 311 g/mol. The summed E-state index contributed by atoms with van der Waals surface area (Å²) in [7, 11) is 0. The van der Waals surface area contributed by atoms with E-state index in [0.717, 1.165) is 24.1 Å². The van der Waals surface area contributed by atoms with E-state index < -0.39 is 0 Å². The van der Waals surface area contributed by atoms with Gasteiger partial charge in [0.2, 0.25) is 0 Å². The Morgan fingerprint density at radius 2 is 1.70 bits per heavy atom. The average Bonchev–Trinajstić information content (AvgIpc) is 2.59. The lowest BCUT2D eigenvalue weighted by Gasteiger charge is -2.07. The molecule has 0 fully saturated rings. The summed E-state index contributed by atoms with van der Waals surface area (Å²) in [6.45, 7) is 4.74. The molecule has 2 aromatic carbocycles. The maximum Gasteiger partial charge on any atom is 0.188 e. The molecule has 0 saturated carbocycles. The molecule has 4 heteroatoms. The molecule has 0 bridgehead atoms. The SMILES string of the molecule is CCCNC(N)=NCc1cccc(COCc2ccccc2)c1. The van der Waals surface area contributed by atoms with Gasteiger partial charge in [0.05, 0.1) is 19.8 Å². The molecule has 0 spiro atoms. The van der Waals surface area contributed by atoms with E-state index in [1.165, 1.54) is 5.56 Å².